The first-order valence-corrected chi connectivity index (χ1v) is 12.0. The van der Waals surface area contributed by atoms with Crippen LogP contribution in [-0.4, -0.2) is 21.7 Å². The molecule has 0 aliphatic heterocycles. The summed E-state index contributed by atoms with van der Waals surface area (Å²) in [6.07, 6.45) is 6.14. The summed E-state index contributed by atoms with van der Waals surface area (Å²) in [6, 6.07) is 9.46. The Balaban J connectivity index is 1.71. The molecule has 3 aromatic rings. The van der Waals surface area contributed by atoms with Crippen molar-refractivity contribution in [2.24, 2.45) is 5.92 Å². The molecule has 7 heteroatoms. The normalized spacial score (nSPS) is 15.9. The van der Waals surface area contributed by atoms with Crippen LogP contribution in [0.5, 0.6) is 0 Å². The Morgan fingerprint density at radius 1 is 1.23 bits per heavy atom. The maximum absolute atomic E-state index is 13.2. The first-order chi connectivity index (χ1) is 14.5. The van der Waals surface area contributed by atoms with Crippen LogP contribution in [0.1, 0.15) is 55.1 Å². The van der Waals surface area contributed by atoms with Gasteiger partial charge in [0.2, 0.25) is 0 Å². The third-order valence-electron chi connectivity index (χ3n) is 5.95. The molecule has 0 radical (unpaired) electrons. The minimum Gasteiger partial charge on any atom is -0.348 e. The summed E-state index contributed by atoms with van der Waals surface area (Å²) in [4.78, 5) is 14.2. The predicted molar refractivity (Wildman–Crippen MR) is 125 cm³/mol. The molecular weight excluding hydrogens is 437 g/mol. The molecule has 1 aliphatic carbocycles. The van der Waals surface area contributed by atoms with Gasteiger partial charge < -0.3 is 5.32 Å². The van der Waals surface area contributed by atoms with Crippen molar-refractivity contribution in [2.75, 3.05) is 0 Å². The van der Waals surface area contributed by atoms with Crippen LogP contribution in [0.3, 0.4) is 0 Å². The van der Waals surface area contributed by atoms with Crippen LogP contribution >= 0.6 is 34.5 Å². The highest BCUT2D eigenvalue weighted by atomic mass is 35.5. The number of carbonyl (C=O) groups excluding carboxylic acids is 1. The van der Waals surface area contributed by atoms with E-state index in [-0.39, 0.29) is 11.9 Å². The lowest BCUT2D eigenvalue weighted by Crippen LogP contribution is -2.39. The van der Waals surface area contributed by atoms with E-state index >= 15 is 0 Å². The maximum atomic E-state index is 13.2. The molecule has 2 aromatic heterocycles. The average Bonchev–Trinajstić information content (AvgIpc) is 3.36. The summed E-state index contributed by atoms with van der Waals surface area (Å²) in [5.41, 5.74) is 2.86. The number of hydrogen-bond donors (Lipinski definition) is 1. The lowest BCUT2D eigenvalue weighted by atomic mass is 9.84. The second-order valence-electron chi connectivity index (χ2n) is 7.97. The van der Waals surface area contributed by atoms with Crippen LogP contribution in [0.2, 0.25) is 10.0 Å². The minimum absolute atomic E-state index is 0.131. The van der Waals surface area contributed by atoms with Crippen LogP contribution in [-0.2, 0) is 0 Å². The van der Waals surface area contributed by atoms with Crippen molar-refractivity contribution >= 4 is 40.4 Å². The molecule has 2 heterocycles. The van der Waals surface area contributed by atoms with Gasteiger partial charge in [-0.15, -0.1) is 11.3 Å². The first-order valence-electron chi connectivity index (χ1n) is 10.4. The van der Waals surface area contributed by atoms with Crippen molar-refractivity contribution in [3.05, 3.63) is 57.0 Å². The quantitative estimate of drug-likeness (QED) is 0.448. The fourth-order valence-corrected chi connectivity index (χ4v) is 5.57. The number of aromatic nitrogens is 2. The standard InChI is InChI=1S/C23H25Cl2N3OS/c1-14-21(23(29)26-15(2)16-7-4-3-5-8-16)27-28(22(14)20-9-6-12-30-20)19-11-10-17(24)13-18(19)25/h6,9-13,15-16H,3-5,7-8H2,1-2H3,(H,26,29)/t15-/m0/s1. The van der Waals surface area contributed by atoms with Gasteiger partial charge in [0.05, 0.1) is 21.3 Å². The van der Waals surface area contributed by atoms with E-state index in [0.717, 1.165) is 16.1 Å². The third-order valence-corrected chi connectivity index (χ3v) is 7.36. The van der Waals surface area contributed by atoms with Crippen LogP contribution in [0.25, 0.3) is 16.3 Å². The van der Waals surface area contributed by atoms with Crippen LogP contribution in [0.15, 0.2) is 35.7 Å². The van der Waals surface area contributed by atoms with Gasteiger partial charge in [-0.25, -0.2) is 4.68 Å². The van der Waals surface area contributed by atoms with Gasteiger partial charge in [-0.2, -0.15) is 5.10 Å². The lowest BCUT2D eigenvalue weighted by Gasteiger charge is -2.28. The Morgan fingerprint density at radius 2 is 2.00 bits per heavy atom. The van der Waals surface area contributed by atoms with E-state index in [1.807, 2.05) is 30.5 Å². The summed E-state index contributed by atoms with van der Waals surface area (Å²) in [7, 11) is 0. The van der Waals surface area contributed by atoms with Crippen molar-refractivity contribution < 1.29 is 4.79 Å². The topological polar surface area (TPSA) is 46.9 Å². The fourth-order valence-electron chi connectivity index (χ4n) is 4.27. The average molecular weight is 462 g/mol. The summed E-state index contributed by atoms with van der Waals surface area (Å²) in [5.74, 6) is 0.403. The molecule has 4 nitrogen and oxygen atoms in total. The molecule has 4 rings (SSSR count). The zero-order valence-electron chi connectivity index (χ0n) is 17.1. The summed E-state index contributed by atoms with van der Waals surface area (Å²) >= 11 is 14.2. The number of nitrogens with zero attached hydrogens (tertiary/aromatic N) is 2. The molecule has 1 fully saturated rings. The molecule has 158 valence electrons. The van der Waals surface area contributed by atoms with Crippen molar-refractivity contribution in [3.8, 4) is 16.3 Å². The van der Waals surface area contributed by atoms with Gasteiger partial charge in [0.25, 0.3) is 5.91 Å². The SMILES string of the molecule is Cc1c(C(=O)N[C@@H](C)C2CCCCC2)nn(-c2ccc(Cl)cc2Cl)c1-c1cccs1. The third kappa shape index (κ3) is 4.29. The molecule has 1 atom stereocenters. The summed E-state index contributed by atoms with van der Waals surface area (Å²) in [6.45, 7) is 4.05. The van der Waals surface area contributed by atoms with E-state index in [2.05, 4.69) is 12.2 Å². The Hall–Kier alpha value is -1.82. The van der Waals surface area contributed by atoms with Gasteiger partial charge in [0, 0.05) is 16.6 Å². The molecule has 1 saturated carbocycles. The van der Waals surface area contributed by atoms with Crippen molar-refractivity contribution in [3.63, 3.8) is 0 Å². The van der Waals surface area contributed by atoms with Crippen LogP contribution in [0.4, 0.5) is 0 Å². The predicted octanol–water partition coefficient (Wildman–Crippen LogP) is 6.91. The molecule has 1 aromatic carbocycles. The van der Waals surface area contributed by atoms with Gasteiger partial charge in [0.1, 0.15) is 0 Å². The van der Waals surface area contributed by atoms with Gasteiger partial charge in [-0.3, -0.25) is 4.79 Å². The molecule has 0 saturated heterocycles. The molecular formula is C23H25Cl2N3OS. The molecule has 30 heavy (non-hydrogen) atoms. The second-order valence-corrected chi connectivity index (χ2v) is 9.76. The second kappa shape index (κ2) is 9.13. The van der Waals surface area contributed by atoms with E-state index in [1.54, 1.807) is 28.2 Å². The smallest absolute Gasteiger partial charge is 0.272 e. The Morgan fingerprint density at radius 3 is 2.67 bits per heavy atom. The number of carbonyl (C=O) groups is 1. The number of amides is 1. The van der Waals surface area contributed by atoms with E-state index in [1.165, 1.54) is 32.1 Å². The Labute approximate surface area is 191 Å². The molecule has 1 aliphatic rings. The van der Waals surface area contributed by atoms with E-state index in [9.17, 15) is 4.79 Å². The number of benzene rings is 1. The number of halogens is 2. The zero-order valence-corrected chi connectivity index (χ0v) is 19.4. The van der Waals surface area contributed by atoms with Gasteiger partial charge >= 0.3 is 0 Å². The number of thiophene rings is 1. The fraction of sp³-hybridized carbons (Fsp3) is 0.391. The summed E-state index contributed by atoms with van der Waals surface area (Å²) in [5, 5.41) is 11.0. The first kappa shape index (κ1) is 21.4. The van der Waals surface area contributed by atoms with Crippen molar-refractivity contribution in [1.82, 2.24) is 15.1 Å². The Bertz CT molecular complexity index is 1040. The Kier molecular flexibility index (Phi) is 6.51. The number of hydrogen-bond acceptors (Lipinski definition) is 3. The molecule has 1 amide bonds. The van der Waals surface area contributed by atoms with Crippen LogP contribution in [0, 0.1) is 12.8 Å². The lowest BCUT2D eigenvalue weighted by molar-refractivity contribution is 0.0913. The zero-order chi connectivity index (χ0) is 21.3. The molecule has 0 spiro atoms. The highest BCUT2D eigenvalue weighted by Crippen LogP contribution is 2.35. The molecule has 0 bridgehead atoms. The van der Waals surface area contributed by atoms with Crippen molar-refractivity contribution in [2.45, 2.75) is 52.0 Å². The van der Waals surface area contributed by atoms with E-state index in [0.29, 0.717) is 27.3 Å². The number of rotatable bonds is 5. The van der Waals surface area contributed by atoms with Gasteiger partial charge in [0.15, 0.2) is 5.69 Å². The van der Waals surface area contributed by atoms with Gasteiger partial charge in [-0.05, 0) is 62.3 Å². The minimum atomic E-state index is -0.132. The monoisotopic (exact) mass is 461 g/mol. The highest BCUT2D eigenvalue weighted by Gasteiger charge is 2.27. The highest BCUT2D eigenvalue weighted by molar-refractivity contribution is 7.13. The van der Waals surface area contributed by atoms with E-state index < -0.39 is 0 Å². The maximum Gasteiger partial charge on any atom is 0.272 e. The number of nitrogens with one attached hydrogen (secondary N) is 1. The largest absolute Gasteiger partial charge is 0.348 e. The molecule has 0 unspecified atom stereocenters. The van der Waals surface area contributed by atoms with Crippen LogP contribution < -0.4 is 5.32 Å². The molecule has 1 N–H and O–H groups in total. The van der Waals surface area contributed by atoms with Gasteiger partial charge in [-0.1, -0.05) is 48.5 Å². The van der Waals surface area contributed by atoms with Crippen molar-refractivity contribution in [1.29, 1.82) is 0 Å². The van der Waals surface area contributed by atoms with E-state index in [4.69, 9.17) is 28.3 Å². The summed E-state index contributed by atoms with van der Waals surface area (Å²) < 4.78 is 1.76.